The SMILES string of the molecule is COc1ccc([C@H]2C(C#N)=C(N)Oc3n[nH]c(C)c32)cc1C. The molecule has 0 amide bonds. The monoisotopic (exact) mass is 296 g/mol. The largest absolute Gasteiger partial charge is 0.496 e. The van der Waals surface area contributed by atoms with Crippen molar-refractivity contribution in [1.29, 1.82) is 5.26 Å². The summed E-state index contributed by atoms with van der Waals surface area (Å²) in [6, 6.07) is 7.98. The van der Waals surface area contributed by atoms with Crippen LogP contribution in [-0.2, 0) is 0 Å². The molecule has 0 aliphatic carbocycles. The Hall–Kier alpha value is -2.94. The second-order valence-electron chi connectivity index (χ2n) is 5.22. The van der Waals surface area contributed by atoms with E-state index >= 15 is 0 Å². The highest BCUT2D eigenvalue weighted by Gasteiger charge is 2.34. The lowest BCUT2D eigenvalue weighted by molar-refractivity contribution is 0.378. The number of aryl methyl sites for hydroxylation is 2. The molecule has 3 N–H and O–H groups in total. The normalized spacial score (nSPS) is 16.7. The van der Waals surface area contributed by atoms with Gasteiger partial charge in [0, 0.05) is 11.3 Å². The predicted octanol–water partition coefficient (Wildman–Crippen LogP) is 2.25. The van der Waals surface area contributed by atoms with E-state index in [0.29, 0.717) is 11.5 Å². The molecule has 0 fully saturated rings. The van der Waals surface area contributed by atoms with E-state index in [0.717, 1.165) is 28.1 Å². The highest BCUT2D eigenvalue weighted by molar-refractivity contribution is 5.56. The Morgan fingerprint density at radius 3 is 2.82 bits per heavy atom. The van der Waals surface area contributed by atoms with E-state index in [1.807, 2.05) is 32.0 Å². The fourth-order valence-electron chi connectivity index (χ4n) is 2.81. The molecule has 6 nitrogen and oxygen atoms in total. The first-order chi connectivity index (χ1) is 10.6. The van der Waals surface area contributed by atoms with Gasteiger partial charge in [-0.2, -0.15) is 5.26 Å². The maximum Gasteiger partial charge on any atom is 0.244 e. The summed E-state index contributed by atoms with van der Waals surface area (Å²) in [4.78, 5) is 0. The Labute approximate surface area is 128 Å². The van der Waals surface area contributed by atoms with Gasteiger partial charge in [-0.1, -0.05) is 12.1 Å². The van der Waals surface area contributed by atoms with Crippen molar-refractivity contribution in [3.63, 3.8) is 0 Å². The number of allylic oxidation sites excluding steroid dienone is 1. The molecule has 0 unspecified atom stereocenters. The van der Waals surface area contributed by atoms with Crippen molar-refractivity contribution in [2.45, 2.75) is 19.8 Å². The van der Waals surface area contributed by atoms with Crippen molar-refractivity contribution in [2.24, 2.45) is 5.73 Å². The van der Waals surface area contributed by atoms with E-state index in [1.165, 1.54) is 0 Å². The molecular formula is C16H16N4O2. The quantitative estimate of drug-likeness (QED) is 0.886. The van der Waals surface area contributed by atoms with Gasteiger partial charge in [-0.25, -0.2) is 0 Å². The lowest BCUT2D eigenvalue weighted by Gasteiger charge is -2.24. The molecule has 1 aromatic carbocycles. The van der Waals surface area contributed by atoms with Crippen molar-refractivity contribution < 1.29 is 9.47 Å². The van der Waals surface area contributed by atoms with Gasteiger partial charge in [-0.05, 0) is 31.0 Å². The van der Waals surface area contributed by atoms with Crippen LogP contribution in [0.1, 0.15) is 28.3 Å². The Morgan fingerprint density at radius 2 is 2.18 bits per heavy atom. The summed E-state index contributed by atoms with van der Waals surface area (Å²) in [5, 5.41) is 16.5. The number of rotatable bonds is 2. The summed E-state index contributed by atoms with van der Waals surface area (Å²) in [7, 11) is 1.63. The molecule has 2 heterocycles. The molecule has 0 saturated carbocycles. The third-order valence-corrected chi connectivity index (χ3v) is 3.88. The Bertz CT molecular complexity index is 814. The van der Waals surface area contributed by atoms with Crippen LogP contribution in [0.15, 0.2) is 29.7 Å². The van der Waals surface area contributed by atoms with Crippen LogP contribution in [0.25, 0.3) is 0 Å². The van der Waals surface area contributed by atoms with Crippen molar-refractivity contribution in [3.05, 3.63) is 52.0 Å². The van der Waals surface area contributed by atoms with Crippen molar-refractivity contribution in [2.75, 3.05) is 7.11 Å². The summed E-state index contributed by atoms with van der Waals surface area (Å²) >= 11 is 0. The van der Waals surface area contributed by atoms with Crippen LogP contribution in [0.5, 0.6) is 11.6 Å². The zero-order valence-electron chi connectivity index (χ0n) is 12.6. The summed E-state index contributed by atoms with van der Waals surface area (Å²) < 4.78 is 10.7. The van der Waals surface area contributed by atoms with Crippen molar-refractivity contribution in [1.82, 2.24) is 10.2 Å². The summed E-state index contributed by atoms with van der Waals surface area (Å²) in [6.45, 7) is 3.86. The van der Waals surface area contributed by atoms with Crippen LogP contribution in [0, 0.1) is 25.2 Å². The molecule has 0 bridgehead atoms. The molecule has 3 rings (SSSR count). The first-order valence-corrected chi connectivity index (χ1v) is 6.83. The molecule has 22 heavy (non-hydrogen) atoms. The van der Waals surface area contributed by atoms with Crippen LogP contribution >= 0.6 is 0 Å². The number of hydrogen-bond acceptors (Lipinski definition) is 5. The van der Waals surface area contributed by atoms with Crippen LogP contribution in [-0.4, -0.2) is 17.3 Å². The highest BCUT2D eigenvalue weighted by atomic mass is 16.5. The van der Waals surface area contributed by atoms with Gasteiger partial charge in [-0.3, -0.25) is 5.10 Å². The van der Waals surface area contributed by atoms with Crippen LogP contribution in [0.2, 0.25) is 0 Å². The van der Waals surface area contributed by atoms with Gasteiger partial charge in [0.15, 0.2) is 0 Å². The number of aromatic amines is 1. The number of methoxy groups -OCH3 is 1. The number of hydrogen-bond donors (Lipinski definition) is 2. The standard InChI is InChI=1S/C16H16N4O2/c1-8-6-10(4-5-12(8)21-3)14-11(7-17)15(18)22-16-13(14)9(2)19-20-16/h4-6,14H,18H2,1-3H3,(H,19,20)/t14-/m0/s1. The zero-order valence-corrected chi connectivity index (χ0v) is 12.6. The Morgan fingerprint density at radius 1 is 1.41 bits per heavy atom. The molecule has 1 atom stereocenters. The number of nitrogens with zero attached hydrogens (tertiary/aromatic N) is 2. The Balaban J connectivity index is 2.21. The summed E-state index contributed by atoms with van der Waals surface area (Å²) in [6.07, 6.45) is 0. The smallest absolute Gasteiger partial charge is 0.244 e. The van der Waals surface area contributed by atoms with E-state index in [2.05, 4.69) is 16.3 Å². The van der Waals surface area contributed by atoms with Gasteiger partial charge < -0.3 is 15.2 Å². The van der Waals surface area contributed by atoms with Crippen LogP contribution in [0.4, 0.5) is 0 Å². The third kappa shape index (κ3) is 1.99. The molecule has 112 valence electrons. The fraction of sp³-hybridized carbons (Fsp3) is 0.250. The maximum atomic E-state index is 9.49. The first-order valence-electron chi connectivity index (χ1n) is 6.83. The highest BCUT2D eigenvalue weighted by Crippen LogP contribution is 2.43. The lowest BCUT2D eigenvalue weighted by atomic mass is 9.83. The topological polar surface area (TPSA) is 96.9 Å². The third-order valence-electron chi connectivity index (χ3n) is 3.88. The van der Waals surface area contributed by atoms with Crippen molar-refractivity contribution >= 4 is 0 Å². The number of H-pyrrole nitrogens is 1. The fourth-order valence-corrected chi connectivity index (χ4v) is 2.81. The molecule has 0 saturated heterocycles. The van der Waals surface area contributed by atoms with Gasteiger partial charge in [0.1, 0.15) is 17.4 Å². The van der Waals surface area contributed by atoms with Gasteiger partial charge in [0.25, 0.3) is 0 Å². The number of benzene rings is 1. The lowest BCUT2D eigenvalue weighted by Crippen LogP contribution is -2.21. The second-order valence-corrected chi connectivity index (χ2v) is 5.22. The van der Waals surface area contributed by atoms with Gasteiger partial charge in [0.05, 0.1) is 13.0 Å². The molecule has 0 radical (unpaired) electrons. The van der Waals surface area contributed by atoms with E-state index in [1.54, 1.807) is 7.11 Å². The number of ether oxygens (including phenoxy) is 2. The van der Waals surface area contributed by atoms with Gasteiger partial charge in [-0.15, -0.1) is 5.10 Å². The number of nitrogens with two attached hydrogens (primary N) is 1. The minimum atomic E-state index is -0.294. The Kier molecular flexibility index (Phi) is 3.26. The average molecular weight is 296 g/mol. The van der Waals surface area contributed by atoms with E-state index in [-0.39, 0.29) is 11.8 Å². The molecule has 0 spiro atoms. The number of nitrogens with one attached hydrogen (secondary N) is 1. The second kappa shape index (κ2) is 5.11. The van der Waals surface area contributed by atoms with Gasteiger partial charge in [0.2, 0.25) is 11.8 Å². The van der Waals surface area contributed by atoms with Crippen molar-refractivity contribution in [3.8, 4) is 17.7 Å². The predicted molar refractivity (Wildman–Crippen MR) is 80.4 cm³/mol. The number of aromatic nitrogens is 2. The van der Waals surface area contributed by atoms with Gasteiger partial charge >= 0.3 is 0 Å². The number of nitriles is 1. The average Bonchev–Trinajstić information content (AvgIpc) is 2.86. The summed E-state index contributed by atoms with van der Waals surface area (Å²) in [5.41, 5.74) is 9.92. The molecule has 1 aromatic heterocycles. The van der Waals surface area contributed by atoms with E-state index in [9.17, 15) is 5.26 Å². The zero-order chi connectivity index (χ0) is 15.9. The molecule has 1 aliphatic rings. The number of fused-ring (bicyclic) bond motifs is 1. The van der Waals surface area contributed by atoms with Crippen LogP contribution in [0.3, 0.4) is 0 Å². The molecule has 2 aromatic rings. The maximum absolute atomic E-state index is 9.49. The van der Waals surface area contributed by atoms with E-state index < -0.39 is 0 Å². The minimum absolute atomic E-state index is 0.0972. The summed E-state index contributed by atoms with van der Waals surface area (Å²) in [5.74, 6) is 1.03. The molecule has 6 heteroatoms. The van der Waals surface area contributed by atoms with E-state index in [4.69, 9.17) is 15.2 Å². The van der Waals surface area contributed by atoms with Crippen LogP contribution < -0.4 is 15.2 Å². The molecule has 1 aliphatic heterocycles. The first kappa shape index (κ1) is 14.0. The molecular weight excluding hydrogens is 280 g/mol. The minimum Gasteiger partial charge on any atom is -0.496 e.